The van der Waals surface area contributed by atoms with Crippen molar-refractivity contribution in [1.82, 2.24) is 0 Å². The number of nitro benzene ring substituents is 1. The van der Waals surface area contributed by atoms with Crippen molar-refractivity contribution in [3.05, 3.63) is 39.4 Å². The Labute approximate surface area is 104 Å². The van der Waals surface area contributed by atoms with Crippen LogP contribution in [0, 0.1) is 17.0 Å². The van der Waals surface area contributed by atoms with E-state index in [2.05, 4.69) is 0 Å². The third-order valence-corrected chi connectivity index (χ3v) is 3.76. The second-order valence-electron chi connectivity index (χ2n) is 3.44. The predicted octanol–water partition coefficient (Wildman–Crippen LogP) is 2.98. The first kappa shape index (κ1) is 14.2. The molecule has 6 nitrogen and oxygen atoms in total. The lowest BCUT2D eigenvalue weighted by molar-refractivity contribution is -0.385. The number of nitrogens with two attached hydrogens (primary N) is 1. The first-order valence-corrected chi connectivity index (χ1v) is 6.99. The number of rotatable bonds is 5. The molecule has 0 heterocycles. The summed E-state index contributed by atoms with van der Waals surface area (Å²) in [5, 5.41) is 10.5. The van der Waals surface area contributed by atoms with Gasteiger partial charge >= 0.3 is 0 Å². The van der Waals surface area contributed by atoms with Crippen molar-refractivity contribution in [1.29, 1.82) is 0 Å². The smallest absolute Gasteiger partial charge is 0.272 e. The minimum atomic E-state index is -2.46. The molecule has 0 bridgehead atoms. The average molecular weight is 276 g/mol. The van der Waals surface area contributed by atoms with Crippen LogP contribution in [0.15, 0.2) is 18.2 Å². The van der Waals surface area contributed by atoms with Crippen molar-refractivity contribution in [2.75, 3.05) is 0 Å². The quantitative estimate of drug-likeness (QED) is 0.384. The Morgan fingerprint density at radius 2 is 2.24 bits per heavy atom. The molecule has 2 unspecified atom stereocenters. The summed E-state index contributed by atoms with van der Waals surface area (Å²) in [5.74, 6) is 0. The van der Waals surface area contributed by atoms with Crippen LogP contribution in [0.3, 0.4) is 0 Å². The van der Waals surface area contributed by atoms with Crippen molar-refractivity contribution in [2.24, 2.45) is 5.50 Å². The molecule has 0 aromatic heterocycles. The second kappa shape index (κ2) is 6.16. The Hall–Kier alpha value is -0.880. The number of aryl methyl sites for hydroxylation is 1. The van der Waals surface area contributed by atoms with E-state index in [1.165, 1.54) is 6.07 Å². The average Bonchev–Trinajstić information content (AvgIpc) is 2.25. The van der Waals surface area contributed by atoms with E-state index in [0.29, 0.717) is 5.56 Å². The zero-order chi connectivity index (χ0) is 13.0. The summed E-state index contributed by atoms with van der Waals surface area (Å²) in [4.78, 5) is 10.2. The van der Waals surface area contributed by atoms with Crippen LogP contribution in [-0.4, -0.2) is 4.92 Å². The van der Waals surface area contributed by atoms with Crippen molar-refractivity contribution in [2.45, 2.75) is 19.1 Å². The molecule has 0 radical (unpaired) electrons. The van der Waals surface area contributed by atoms with Gasteiger partial charge in [0.25, 0.3) is 13.9 Å². The second-order valence-corrected chi connectivity index (χ2v) is 5.65. The molecule has 1 aromatic carbocycles. The van der Waals surface area contributed by atoms with Gasteiger partial charge in [0.2, 0.25) is 0 Å². The van der Waals surface area contributed by atoms with Crippen molar-refractivity contribution >= 4 is 25.9 Å². The molecule has 0 amide bonds. The molecule has 0 aliphatic carbocycles. The van der Waals surface area contributed by atoms with Gasteiger partial charge in [-0.1, -0.05) is 6.07 Å². The summed E-state index contributed by atoms with van der Waals surface area (Å²) < 4.78 is 15.4. The van der Waals surface area contributed by atoms with Gasteiger partial charge in [0.1, 0.15) is 0 Å². The highest BCUT2D eigenvalue weighted by molar-refractivity contribution is 7.97. The molecule has 0 aliphatic heterocycles. The zero-order valence-electron chi connectivity index (χ0n) is 9.38. The Balaban J connectivity index is 2.82. The van der Waals surface area contributed by atoms with Crippen LogP contribution in [0.4, 0.5) is 5.69 Å². The Morgan fingerprint density at radius 3 is 2.71 bits per heavy atom. The topological polar surface area (TPSA) is 95.5 Å². The molecule has 8 heteroatoms. The van der Waals surface area contributed by atoms with Gasteiger partial charge in [0.05, 0.1) is 10.2 Å². The Kier molecular flexibility index (Phi) is 5.14. The van der Waals surface area contributed by atoms with Crippen molar-refractivity contribution in [3.8, 4) is 0 Å². The standard InChI is InChI=1S/C9H13N2O4PS/c1-6-5-8(3-4-9(6)11(12)13)7(2)17-15-16(10)14/h3-5,7,16H,1-2H3,(H2,10,14). The lowest BCUT2D eigenvalue weighted by Gasteiger charge is -2.10. The largest absolute Gasteiger partial charge is 0.278 e. The summed E-state index contributed by atoms with van der Waals surface area (Å²) in [5.41, 5.74) is 6.56. The molecular formula is C9H13N2O4PS. The minimum Gasteiger partial charge on any atom is -0.278 e. The number of benzene rings is 1. The molecule has 2 atom stereocenters. The fraction of sp³-hybridized carbons (Fsp3) is 0.333. The van der Waals surface area contributed by atoms with Crippen molar-refractivity contribution in [3.63, 3.8) is 0 Å². The summed E-state index contributed by atoms with van der Waals surface area (Å²) in [6.45, 7) is 3.52. The highest BCUT2D eigenvalue weighted by Crippen LogP contribution is 2.35. The normalized spacial score (nSPS) is 14.3. The molecule has 0 aliphatic rings. The van der Waals surface area contributed by atoms with Crippen LogP contribution in [-0.2, 0) is 8.54 Å². The summed E-state index contributed by atoms with van der Waals surface area (Å²) in [7, 11) is -2.46. The molecule has 0 fully saturated rings. The molecule has 0 saturated heterocycles. The van der Waals surface area contributed by atoms with E-state index in [1.807, 2.05) is 6.92 Å². The van der Waals surface area contributed by atoms with E-state index < -0.39 is 13.1 Å². The van der Waals surface area contributed by atoms with Crippen LogP contribution >= 0.6 is 20.2 Å². The van der Waals surface area contributed by atoms with E-state index in [9.17, 15) is 14.7 Å². The van der Waals surface area contributed by atoms with Gasteiger partial charge in [-0.2, -0.15) is 0 Å². The van der Waals surface area contributed by atoms with Gasteiger partial charge in [0.15, 0.2) is 0 Å². The third-order valence-electron chi connectivity index (χ3n) is 2.16. The maximum Gasteiger partial charge on any atom is 0.272 e. The SMILES string of the molecule is Cc1cc(C(C)SO[PH](N)=O)ccc1[N+](=O)[O-]. The zero-order valence-corrected chi connectivity index (χ0v) is 11.2. The summed E-state index contributed by atoms with van der Waals surface area (Å²) in [6.07, 6.45) is 0. The Bertz CT molecular complexity index is 455. The third kappa shape index (κ3) is 4.12. The molecule has 0 saturated carbocycles. The lowest BCUT2D eigenvalue weighted by Crippen LogP contribution is -1.95. The molecule has 17 heavy (non-hydrogen) atoms. The van der Waals surface area contributed by atoms with E-state index >= 15 is 0 Å². The van der Waals surface area contributed by atoms with Gasteiger partial charge in [-0.25, -0.2) is 3.97 Å². The number of hydrogen-bond acceptors (Lipinski definition) is 5. The molecule has 1 rings (SSSR count). The summed E-state index contributed by atoms with van der Waals surface area (Å²) >= 11 is 0.998. The highest BCUT2D eigenvalue weighted by atomic mass is 32.2. The molecule has 1 aromatic rings. The van der Waals surface area contributed by atoms with Gasteiger partial charge in [-0.05, 0) is 25.5 Å². The number of nitrogens with zero attached hydrogens (tertiary/aromatic N) is 1. The molecular weight excluding hydrogens is 263 g/mol. The van der Waals surface area contributed by atoms with Crippen LogP contribution in [0.1, 0.15) is 23.3 Å². The fourth-order valence-corrected chi connectivity index (χ4v) is 2.53. The van der Waals surface area contributed by atoms with E-state index in [0.717, 1.165) is 17.6 Å². The van der Waals surface area contributed by atoms with E-state index in [4.69, 9.17) is 9.47 Å². The van der Waals surface area contributed by atoms with Crippen LogP contribution in [0.25, 0.3) is 0 Å². The first-order chi connectivity index (χ1) is 7.91. The molecule has 94 valence electrons. The van der Waals surface area contributed by atoms with Crippen LogP contribution in [0.5, 0.6) is 0 Å². The maximum absolute atomic E-state index is 10.6. The number of nitro groups is 1. The number of hydrogen-bond donors (Lipinski definition) is 1. The van der Waals surface area contributed by atoms with Crippen molar-refractivity contribution < 1.29 is 13.5 Å². The first-order valence-electron chi connectivity index (χ1n) is 4.79. The predicted molar refractivity (Wildman–Crippen MR) is 68.1 cm³/mol. The Morgan fingerprint density at radius 1 is 1.59 bits per heavy atom. The van der Waals surface area contributed by atoms with Gasteiger partial charge in [-0.15, -0.1) is 0 Å². The maximum atomic E-state index is 10.6. The molecule has 2 N–H and O–H groups in total. The van der Waals surface area contributed by atoms with E-state index in [1.54, 1.807) is 19.1 Å². The fourth-order valence-electron chi connectivity index (χ4n) is 1.31. The monoisotopic (exact) mass is 276 g/mol. The van der Waals surface area contributed by atoms with Crippen LogP contribution in [0.2, 0.25) is 0 Å². The van der Waals surface area contributed by atoms with E-state index in [-0.39, 0.29) is 10.9 Å². The van der Waals surface area contributed by atoms with Gasteiger partial charge in [0, 0.05) is 23.7 Å². The van der Waals surface area contributed by atoms with Gasteiger partial charge < -0.3 is 0 Å². The lowest BCUT2D eigenvalue weighted by atomic mass is 10.1. The van der Waals surface area contributed by atoms with Crippen LogP contribution < -0.4 is 5.50 Å². The highest BCUT2D eigenvalue weighted by Gasteiger charge is 2.14. The summed E-state index contributed by atoms with van der Waals surface area (Å²) in [6, 6.07) is 4.82. The minimum absolute atomic E-state index is 0.0827. The van der Waals surface area contributed by atoms with Gasteiger partial charge in [-0.3, -0.25) is 20.2 Å². The molecule has 0 spiro atoms.